The second-order valence-corrected chi connectivity index (χ2v) is 7.86. The minimum Gasteiger partial charge on any atom is -0.490 e. The summed E-state index contributed by atoms with van der Waals surface area (Å²) in [5.74, 6) is 0.614. The minimum absolute atomic E-state index is 0.0335. The molecule has 0 aliphatic carbocycles. The van der Waals surface area contributed by atoms with Crippen LogP contribution in [0.3, 0.4) is 0 Å². The summed E-state index contributed by atoms with van der Waals surface area (Å²) in [5, 5.41) is 10.9. The first-order chi connectivity index (χ1) is 13.5. The summed E-state index contributed by atoms with van der Waals surface area (Å²) < 4.78 is 5.54. The third kappa shape index (κ3) is 4.94. The molecule has 1 atom stereocenters. The van der Waals surface area contributed by atoms with E-state index in [4.69, 9.17) is 16.3 Å². The van der Waals surface area contributed by atoms with Crippen LogP contribution in [0, 0.1) is 5.41 Å². The van der Waals surface area contributed by atoms with Crippen LogP contribution in [0.15, 0.2) is 61.2 Å². The van der Waals surface area contributed by atoms with Crippen LogP contribution < -0.4 is 4.74 Å². The van der Waals surface area contributed by atoms with E-state index < -0.39 is 0 Å². The molecule has 0 spiro atoms. The van der Waals surface area contributed by atoms with E-state index in [1.54, 1.807) is 18.2 Å². The van der Waals surface area contributed by atoms with Gasteiger partial charge in [-0.25, -0.2) is 0 Å². The van der Waals surface area contributed by atoms with Crippen molar-refractivity contribution >= 4 is 17.5 Å². The number of hydrogen-bond acceptors (Lipinski definition) is 3. The lowest BCUT2D eigenvalue weighted by molar-refractivity contribution is 0.0271. The molecular formula is C23H26ClNO3. The Labute approximate surface area is 171 Å². The summed E-state index contributed by atoms with van der Waals surface area (Å²) in [5.41, 5.74) is 1.32. The van der Waals surface area contributed by atoms with Crippen molar-refractivity contribution in [3.05, 3.63) is 77.3 Å². The summed E-state index contributed by atoms with van der Waals surface area (Å²) in [6.45, 7) is 5.28. The number of aliphatic hydroxyl groups excluding tert-OH is 1. The number of carbonyl (C=O) groups excluding carboxylic acids is 1. The molecule has 148 valence electrons. The summed E-state index contributed by atoms with van der Waals surface area (Å²) in [7, 11) is 0. The molecule has 1 saturated heterocycles. The Morgan fingerprint density at radius 2 is 2.11 bits per heavy atom. The van der Waals surface area contributed by atoms with E-state index in [0.717, 1.165) is 18.4 Å². The van der Waals surface area contributed by atoms with Gasteiger partial charge in [-0.15, -0.1) is 0 Å². The van der Waals surface area contributed by atoms with Crippen LogP contribution in [0.25, 0.3) is 0 Å². The third-order valence-electron chi connectivity index (χ3n) is 5.20. The standard InChI is InChI=1S/C23H26ClNO3/c1-2-12-28-21-9-4-7-19(14-21)22(27)25-11-5-10-23(16-25,17-26)15-18-6-3-8-20(24)13-18/h2-4,6-9,13-14,26H,1,5,10-12,15-17H2/t23-/m0/s1. The van der Waals surface area contributed by atoms with Crippen molar-refractivity contribution in [2.45, 2.75) is 19.3 Å². The maximum atomic E-state index is 13.1. The molecule has 28 heavy (non-hydrogen) atoms. The molecule has 1 amide bonds. The first kappa shape index (κ1) is 20.4. The van der Waals surface area contributed by atoms with E-state index in [1.165, 1.54) is 0 Å². The van der Waals surface area contributed by atoms with Gasteiger partial charge in [-0.3, -0.25) is 4.79 Å². The second-order valence-electron chi connectivity index (χ2n) is 7.42. The van der Waals surface area contributed by atoms with Gasteiger partial charge in [0.1, 0.15) is 12.4 Å². The Morgan fingerprint density at radius 3 is 2.86 bits per heavy atom. The van der Waals surface area contributed by atoms with Gasteiger partial charge in [0.05, 0.1) is 6.61 Å². The predicted molar refractivity (Wildman–Crippen MR) is 112 cm³/mol. The van der Waals surface area contributed by atoms with Crippen molar-refractivity contribution in [1.82, 2.24) is 4.90 Å². The van der Waals surface area contributed by atoms with Crippen LogP contribution in [0.4, 0.5) is 0 Å². The first-order valence-electron chi connectivity index (χ1n) is 9.54. The number of benzene rings is 2. The van der Waals surface area contributed by atoms with Gasteiger partial charge < -0.3 is 14.7 Å². The van der Waals surface area contributed by atoms with Crippen LogP contribution >= 0.6 is 11.6 Å². The zero-order chi connectivity index (χ0) is 20.0. The van der Waals surface area contributed by atoms with Crippen molar-refractivity contribution in [1.29, 1.82) is 0 Å². The maximum Gasteiger partial charge on any atom is 0.254 e. The summed E-state index contributed by atoms with van der Waals surface area (Å²) in [6.07, 6.45) is 4.10. The molecule has 4 nitrogen and oxygen atoms in total. The molecule has 1 aliphatic rings. The molecular weight excluding hydrogens is 374 g/mol. The first-order valence-corrected chi connectivity index (χ1v) is 9.91. The highest BCUT2D eigenvalue weighted by molar-refractivity contribution is 6.30. The molecule has 1 fully saturated rings. The Hall–Kier alpha value is -2.30. The number of nitrogens with zero attached hydrogens (tertiary/aromatic N) is 1. The van der Waals surface area contributed by atoms with E-state index in [0.29, 0.717) is 42.5 Å². The highest BCUT2D eigenvalue weighted by atomic mass is 35.5. The number of carbonyl (C=O) groups is 1. The van der Waals surface area contributed by atoms with Gasteiger partial charge in [-0.1, -0.05) is 42.5 Å². The van der Waals surface area contributed by atoms with E-state index in [-0.39, 0.29) is 17.9 Å². The zero-order valence-electron chi connectivity index (χ0n) is 15.9. The highest BCUT2D eigenvalue weighted by Gasteiger charge is 2.37. The number of likely N-dealkylation sites (tertiary alicyclic amines) is 1. The van der Waals surface area contributed by atoms with Gasteiger partial charge in [-0.2, -0.15) is 0 Å². The lowest BCUT2D eigenvalue weighted by Gasteiger charge is -2.42. The monoisotopic (exact) mass is 399 g/mol. The fourth-order valence-corrected chi connectivity index (χ4v) is 4.06. The molecule has 0 aromatic heterocycles. The van der Waals surface area contributed by atoms with Crippen molar-refractivity contribution in [2.75, 3.05) is 26.3 Å². The summed E-state index contributed by atoms with van der Waals surface area (Å²) in [6, 6.07) is 14.9. The van der Waals surface area contributed by atoms with Gasteiger partial charge in [0.2, 0.25) is 0 Å². The number of halogens is 1. The van der Waals surface area contributed by atoms with E-state index in [1.807, 2.05) is 41.3 Å². The van der Waals surface area contributed by atoms with Gasteiger partial charge in [0.25, 0.3) is 5.91 Å². The SMILES string of the molecule is C=CCOc1cccc(C(=O)N2CCC[C@](CO)(Cc3cccc(Cl)c3)C2)c1. The molecule has 5 heteroatoms. The van der Waals surface area contributed by atoms with Gasteiger partial charge in [0.15, 0.2) is 0 Å². The van der Waals surface area contributed by atoms with Gasteiger partial charge >= 0.3 is 0 Å². The highest BCUT2D eigenvalue weighted by Crippen LogP contribution is 2.34. The maximum absolute atomic E-state index is 13.1. The average Bonchev–Trinajstić information content (AvgIpc) is 2.72. The van der Waals surface area contributed by atoms with Crippen molar-refractivity contribution in [3.8, 4) is 5.75 Å². The Bertz CT molecular complexity index is 838. The lowest BCUT2D eigenvalue weighted by atomic mass is 9.75. The van der Waals surface area contributed by atoms with Crippen molar-refractivity contribution in [2.24, 2.45) is 5.41 Å². The molecule has 2 aromatic rings. The van der Waals surface area contributed by atoms with Crippen LogP contribution in [0.1, 0.15) is 28.8 Å². The predicted octanol–water partition coefficient (Wildman–Crippen LogP) is 4.36. The number of ether oxygens (including phenoxy) is 1. The number of rotatable bonds is 7. The van der Waals surface area contributed by atoms with Crippen LogP contribution in [-0.2, 0) is 6.42 Å². The molecule has 3 rings (SSSR count). The quantitative estimate of drug-likeness (QED) is 0.703. The smallest absolute Gasteiger partial charge is 0.254 e. The number of hydrogen-bond donors (Lipinski definition) is 1. The van der Waals surface area contributed by atoms with E-state index in [9.17, 15) is 9.90 Å². The van der Waals surface area contributed by atoms with Crippen LogP contribution in [-0.4, -0.2) is 42.2 Å². The topological polar surface area (TPSA) is 49.8 Å². The largest absolute Gasteiger partial charge is 0.490 e. The number of amides is 1. The normalized spacial score (nSPS) is 19.3. The van der Waals surface area contributed by atoms with Gasteiger partial charge in [-0.05, 0) is 55.2 Å². The van der Waals surface area contributed by atoms with Gasteiger partial charge in [0, 0.05) is 29.1 Å². The van der Waals surface area contributed by atoms with Crippen LogP contribution in [0.5, 0.6) is 5.75 Å². The number of piperidine rings is 1. The minimum atomic E-state index is -0.352. The molecule has 1 N–H and O–H groups in total. The third-order valence-corrected chi connectivity index (χ3v) is 5.44. The number of aliphatic hydroxyl groups is 1. The van der Waals surface area contributed by atoms with Crippen LogP contribution in [0.2, 0.25) is 5.02 Å². The van der Waals surface area contributed by atoms with Crippen molar-refractivity contribution in [3.63, 3.8) is 0 Å². The Balaban J connectivity index is 1.75. The molecule has 0 radical (unpaired) electrons. The Kier molecular flexibility index (Phi) is 6.76. The molecule has 0 saturated carbocycles. The Morgan fingerprint density at radius 1 is 1.29 bits per heavy atom. The van der Waals surface area contributed by atoms with E-state index in [2.05, 4.69) is 6.58 Å². The molecule has 2 aromatic carbocycles. The molecule has 0 bridgehead atoms. The molecule has 1 heterocycles. The zero-order valence-corrected chi connectivity index (χ0v) is 16.7. The average molecular weight is 400 g/mol. The second kappa shape index (κ2) is 9.26. The van der Waals surface area contributed by atoms with Crippen molar-refractivity contribution < 1.29 is 14.6 Å². The molecule has 1 aliphatic heterocycles. The fraction of sp³-hybridized carbons (Fsp3) is 0.348. The van der Waals surface area contributed by atoms with E-state index >= 15 is 0 Å². The lowest BCUT2D eigenvalue weighted by Crippen LogP contribution is -2.49. The molecule has 0 unspecified atom stereocenters. The summed E-state index contributed by atoms with van der Waals surface area (Å²) >= 11 is 6.12. The fourth-order valence-electron chi connectivity index (χ4n) is 3.85. The summed E-state index contributed by atoms with van der Waals surface area (Å²) in [4.78, 5) is 14.9.